The molecule has 2 rings (SSSR count). The second-order valence-corrected chi connectivity index (χ2v) is 5.08. The van der Waals surface area contributed by atoms with Gasteiger partial charge >= 0.3 is 0 Å². The van der Waals surface area contributed by atoms with Gasteiger partial charge in [-0.1, -0.05) is 0 Å². The summed E-state index contributed by atoms with van der Waals surface area (Å²) in [4.78, 5) is 0. The summed E-state index contributed by atoms with van der Waals surface area (Å²) in [6.07, 6.45) is 0. The highest BCUT2D eigenvalue weighted by molar-refractivity contribution is 14.1. The minimum atomic E-state index is 0.729. The van der Waals surface area contributed by atoms with Crippen LogP contribution >= 0.6 is 33.9 Å². The normalized spacial score (nSPS) is 10.8. The summed E-state index contributed by atoms with van der Waals surface area (Å²) in [5.41, 5.74) is 1.25. The Labute approximate surface area is 101 Å². The zero-order chi connectivity index (χ0) is 10.1. The number of ether oxygens (including phenoxy) is 1. The lowest BCUT2D eigenvalue weighted by Crippen LogP contribution is -1.95. The average Bonchev–Trinajstić information content (AvgIpc) is 2.62. The fourth-order valence-corrected chi connectivity index (χ4v) is 3.27. The molecule has 0 unspecified atom stereocenters. The summed E-state index contributed by atoms with van der Waals surface area (Å²) >= 11 is 4.19. The Morgan fingerprint density at radius 1 is 1.50 bits per heavy atom. The third-order valence-electron chi connectivity index (χ3n) is 2.18. The first-order valence-corrected chi connectivity index (χ1v) is 6.49. The third kappa shape index (κ3) is 1.63. The molecule has 0 atom stereocenters. The molecule has 3 heteroatoms. The number of hydrogen-bond acceptors (Lipinski definition) is 2. The largest absolute Gasteiger partial charge is 0.494 e. The molecule has 1 nitrogen and oxygen atoms in total. The number of rotatable bonds is 2. The van der Waals surface area contributed by atoms with Crippen LogP contribution in [0, 0.1) is 10.5 Å². The van der Waals surface area contributed by atoms with Crippen LogP contribution in [0.4, 0.5) is 0 Å². The van der Waals surface area contributed by atoms with Crippen molar-refractivity contribution in [3.63, 3.8) is 0 Å². The molecule has 0 radical (unpaired) electrons. The van der Waals surface area contributed by atoms with E-state index >= 15 is 0 Å². The van der Waals surface area contributed by atoms with E-state index in [-0.39, 0.29) is 0 Å². The molecule has 0 amide bonds. The van der Waals surface area contributed by atoms with E-state index in [1.165, 1.54) is 19.2 Å². The molecule has 0 aliphatic heterocycles. The summed E-state index contributed by atoms with van der Waals surface area (Å²) < 4.78 is 8.28. The molecule has 14 heavy (non-hydrogen) atoms. The highest BCUT2D eigenvalue weighted by atomic mass is 127. The van der Waals surface area contributed by atoms with Crippen LogP contribution in [0.5, 0.6) is 5.75 Å². The zero-order valence-corrected chi connectivity index (χ0v) is 11.1. The van der Waals surface area contributed by atoms with Crippen LogP contribution in [0.25, 0.3) is 10.1 Å². The first-order chi connectivity index (χ1) is 6.74. The highest BCUT2D eigenvalue weighted by Crippen LogP contribution is 2.34. The summed E-state index contributed by atoms with van der Waals surface area (Å²) in [6.45, 7) is 4.86. The smallest absolute Gasteiger partial charge is 0.123 e. The maximum absolute atomic E-state index is 5.59. The molecule has 2 aromatic rings. The van der Waals surface area contributed by atoms with Crippen LogP contribution < -0.4 is 4.74 Å². The van der Waals surface area contributed by atoms with Gasteiger partial charge in [-0.25, -0.2) is 0 Å². The van der Waals surface area contributed by atoms with Crippen LogP contribution in [-0.4, -0.2) is 6.61 Å². The van der Waals surface area contributed by atoms with E-state index in [1.54, 1.807) is 11.3 Å². The van der Waals surface area contributed by atoms with Gasteiger partial charge in [-0.15, -0.1) is 11.3 Å². The molecular weight excluding hydrogens is 307 g/mol. The number of fused-ring (bicyclic) bond motifs is 1. The first-order valence-electron chi connectivity index (χ1n) is 4.53. The Kier molecular flexibility index (Phi) is 2.97. The van der Waals surface area contributed by atoms with Crippen LogP contribution in [-0.2, 0) is 0 Å². The minimum absolute atomic E-state index is 0.729. The number of hydrogen-bond donors (Lipinski definition) is 0. The van der Waals surface area contributed by atoms with Gasteiger partial charge in [0.15, 0.2) is 0 Å². The molecule has 0 N–H and O–H groups in total. The lowest BCUT2D eigenvalue weighted by Gasteiger charge is -2.09. The molecular formula is C11H11IOS. The van der Waals surface area contributed by atoms with Gasteiger partial charge in [0.05, 0.1) is 6.61 Å². The van der Waals surface area contributed by atoms with Crippen LogP contribution in [0.15, 0.2) is 17.5 Å². The van der Waals surface area contributed by atoms with Crippen molar-refractivity contribution in [2.45, 2.75) is 13.8 Å². The van der Waals surface area contributed by atoms with Gasteiger partial charge in [-0.05, 0) is 59.3 Å². The van der Waals surface area contributed by atoms with Crippen LogP contribution in [0.1, 0.15) is 12.5 Å². The quantitative estimate of drug-likeness (QED) is 0.754. The zero-order valence-electron chi connectivity index (χ0n) is 8.13. The van der Waals surface area contributed by atoms with E-state index in [9.17, 15) is 0 Å². The van der Waals surface area contributed by atoms with Gasteiger partial charge in [0.2, 0.25) is 0 Å². The second-order valence-electron chi connectivity index (χ2n) is 3.09. The average molecular weight is 318 g/mol. The van der Waals surface area contributed by atoms with Gasteiger partial charge < -0.3 is 4.74 Å². The molecule has 0 saturated carbocycles. The SMILES string of the molecule is CCOc1cc2ccsc2c(I)c1C. The predicted octanol–water partition coefficient (Wildman–Crippen LogP) is 4.21. The van der Waals surface area contributed by atoms with E-state index in [1.807, 2.05) is 6.92 Å². The van der Waals surface area contributed by atoms with Crippen molar-refractivity contribution in [3.05, 3.63) is 26.6 Å². The highest BCUT2D eigenvalue weighted by Gasteiger charge is 2.09. The van der Waals surface area contributed by atoms with E-state index in [0.717, 1.165) is 12.4 Å². The van der Waals surface area contributed by atoms with Crippen molar-refractivity contribution in [1.29, 1.82) is 0 Å². The van der Waals surface area contributed by atoms with Crippen molar-refractivity contribution >= 4 is 44.0 Å². The van der Waals surface area contributed by atoms with E-state index in [4.69, 9.17) is 4.74 Å². The number of benzene rings is 1. The molecule has 0 fully saturated rings. The molecule has 0 spiro atoms. The lowest BCUT2D eigenvalue weighted by molar-refractivity contribution is 0.338. The van der Waals surface area contributed by atoms with Crippen molar-refractivity contribution in [2.75, 3.05) is 6.61 Å². The standard InChI is InChI=1S/C11H11IOS/c1-3-13-9-6-8-4-5-14-11(8)10(12)7(9)2/h4-6H,3H2,1-2H3. The summed E-state index contributed by atoms with van der Waals surface area (Å²) in [7, 11) is 0. The Bertz CT molecular complexity index is 462. The Morgan fingerprint density at radius 2 is 2.29 bits per heavy atom. The molecule has 0 bridgehead atoms. The number of thiophene rings is 1. The number of halogens is 1. The monoisotopic (exact) mass is 318 g/mol. The first kappa shape index (κ1) is 10.2. The summed E-state index contributed by atoms with van der Waals surface area (Å²) in [6, 6.07) is 4.27. The molecule has 1 heterocycles. The molecule has 0 aliphatic rings. The van der Waals surface area contributed by atoms with Gasteiger partial charge in [0.1, 0.15) is 5.75 Å². The van der Waals surface area contributed by atoms with Crippen LogP contribution in [0.3, 0.4) is 0 Å². The summed E-state index contributed by atoms with van der Waals surface area (Å²) in [5, 5.41) is 3.41. The molecule has 0 aliphatic carbocycles. The summed E-state index contributed by atoms with van der Waals surface area (Å²) in [5.74, 6) is 1.02. The third-order valence-corrected chi connectivity index (χ3v) is 4.84. The molecule has 0 saturated heterocycles. The minimum Gasteiger partial charge on any atom is -0.494 e. The fraction of sp³-hybridized carbons (Fsp3) is 0.273. The van der Waals surface area contributed by atoms with Gasteiger partial charge in [-0.2, -0.15) is 0 Å². The van der Waals surface area contributed by atoms with Crippen LogP contribution in [0.2, 0.25) is 0 Å². The van der Waals surface area contributed by atoms with E-state index in [2.05, 4.69) is 47.0 Å². The Hall–Kier alpha value is -0.290. The van der Waals surface area contributed by atoms with Gasteiger partial charge in [0, 0.05) is 13.8 Å². The van der Waals surface area contributed by atoms with E-state index in [0.29, 0.717) is 0 Å². The Balaban J connectivity index is 2.67. The predicted molar refractivity (Wildman–Crippen MR) is 70.4 cm³/mol. The maximum Gasteiger partial charge on any atom is 0.123 e. The van der Waals surface area contributed by atoms with Gasteiger partial charge in [0.25, 0.3) is 0 Å². The molecule has 1 aromatic carbocycles. The Morgan fingerprint density at radius 3 is 3.00 bits per heavy atom. The topological polar surface area (TPSA) is 9.23 Å². The van der Waals surface area contributed by atoms with Crippen molar-refractivity contribution in [1.82, 2.24) is 0 Å². The maximum atomic E-state index is 5.59. The van der Waals surface area contributed by atoms with E-state index < -0.39 is 0 Å². The fourth-order valence-electron chi connectivity index (χ4n) is 1.44. The molecule has 1 aromatic heterocycles. The van der Waals surface area contributed by atoms with Crippen molar-refractivity contribution in [2.24, 2.45) is 0 Å². The van der Waals surface area contributed by atoms with Crippen molar-refractivity contribution < 1.29 is 4.74 Å². The second kappa shape index (κ2) is 4.06. The van der Waals surface area contributed by atoms with Gasteiger partial charge in [-0.3, -0.25) is 0 Å². The lowest BCUT2D eigenvalue weighted by atomic mass is 10.2. The molecule has 74 valence electrons. The van der Waals surface area contributed by atoms with Crippen molar-refractivity contribution in [3.8, 4) is 5.75 Å².